The van der Waals surface area contributed by atoms with Gasteiger partial charge in [-0.1, -0.05) is 0 Å². The number of rotatable bonds is 5. The van der Waals surface area contributed by atoms with Crippen molar-refractivity contribution in [2.45, 2.75) is 37.0 Å². The highest BCUT2D eigenvalue weighted by atomic mass is 32.2. The number of nitrogens with zero attached hydrogens (tertiary/aromatic N) is 2. The van der Waals surface area contributed by atoms with Crippen LogP contribution in [0.4, 0.5) is 17.1 Å². The predicted octanol–water partition coefficient (Wildman–Crippen LogP) is 3.13. The van der Waals surface area contributed by atoms with Crippen molar-refractivity contribution in [3.05, 3.63) is 48.5 Å². The number of piperidine rings is 1. The topological polar surface area (TPSA) is 86.8 Å². The number of hydrogen-bond acceptors (Lipinski definition) is 5. The van der Waals surface area contributed by atoms with Crippen molar-refractivity contribution in [1.82, 2.24) is 0 Å². The molecule has 7 nitrogen and oxygen atoms in total. The van der Waals surface area contributed by atoms with Crippen LogP contribution in [0.3, 0.4) is 0 Å². The van der Waals surface area contributed by atoms with E-state index in [9.17, 15) is 18.0 Å². The van der Waals surface area contributed by atoms with Crippen molar-refractivity contribution in [3.63, 3.8) is 0 Å². The number of amides is 2. The molecule has 152 valence electrons. The first-order valence-electron chi connectivity index (χ1n) is 9.78. The molecule has 2 amide bonds. The van der Waals surface area contributed by atoms with Gasteiger partial charge in [-0.15, -0.1) is 0 Å². The molecule has 2 aromatic rings. The Morgan fingerprint density at radius 1 is 0.724 bits per heavy atom. The fraction of sp³-hybridized carbons (Fsp3) is 0.333. The second-order valence-electron chi connectivity index (χ2n) is 7.32. The molecule has 8 heteroatoms. The van der Waals surface area contributed by atoms with Crippen LogP contribution < -0.4 is 14.5 Å². The maximum atomic E-state index is 12.7. The molecule has 2 aromatic carbocycles. The summed E-state index contributed by atoms with van der Waals surface area (Å²) in [4.78, 5) is 27.5. The van der Waals surface area contributed by atoms with E-state index in [0.29, 0.717) is 30.6 Å². The molecule has 2 saturated heterocycles. The van der Waals surface area contributed by atoms with Gasteiger partial charge in [0, 0.05) is 37.3 Å². The van der Waals surface area contributed by atoms with Crippen molar-refractivity contribution in [2.24, 2.45) is 0 Å². The number of anilines is 3. The van der Waals surface area contributed by atoms with E-state index in [1.165, 1.54) is 37.1 Å². The molecule has 0 unspecified atom stereocenters. The molecule has 0 aliphatic carbocycles. The Morgan fingerprint density at radius 2 is 1.28 bits per heavy atom. The second kappa shape index (κ2) is 7.87. The summed E-state index contributed by atoms with van der Waals surface area (Å²) in [6, 6.07) is 13.1. The molecule has 2 aliphatic heterocycles. The fourth-order valence-corrected chi connectivity index (χ4v) is 4.80. The van der Waals surface area contributed by atoms with Crippen LogP contribution in [0.1, 0.15) is 32.1 Å². The minimum Gasteiger partial charge on any atom is -0.372 e. The van der Waals surface area contributed by atoms with Gasteiger partial charge in [-0.25, -0.2) is 8.42 Å². The number of carbonyl (C=O) groups is 2. The minimum absolute atomic E-state index is 0.0711. The zero-order valence-electron chi connectivity index (χ0n) is 16.0. The molecule has 0 aromatic heterocycles. The van der Waals surface area contributed by atoms with E-state index in [2.05, 4.69) is 9.62 Å². The quantitative estimate of drug-likeness (QED) is 0.761. The average molecular weight is 413 g/mol. The van der Waals surface area contributed by atoms with E-state index >= 15 is 0 Å². The maximum absolute atomic E-state index is 12.7. The van der Waals surface area contributed by atoms with Crippen LogP contribution in [0, 0.1) is 0 Å². The lowest BCUT2D eigenvalue weighted by Crippen LogP contribution is -2.40. The number of sulfonamides is 1. The Kier molecular flexibility index (Phi) is 5.27. The van der Waals surface area contributed by atoms with E-state index < -0.39 is 10.0 Å². The summed E-state index contributed by atoms with van der Waals surface area (Å²) in [6.45, 7) is 2.05. The molecule has 0 spiro atoms. The van der Waals surface area contributed by atoms with Crippen LogP contribution in [-0.4, -0.2) is 33.3 Å². The summed E-state index contributed by atoms with van der Waals surface area (Å²) >= 11 is 0. The number of nitrogens with one attached hydrogen (secondary N) is 1. The van der Waals surface area contributed by atoms with Gasteiger partial charge >= 0.3 is 0 Å². The summed E-state index contributed by atoms with van der Waals surface area (Å²) < 4.78 is 28.0. The Bertz CT molecular complexity index is 995. The van der Waals surface area contributed by atoms with Gasteiger partial charge in [-0.3, -0.25) is 19.2 Å². The highest BCUT2D eigenvalue weighted by Gasteiger charge is 2.27. The van der Waals surface area contributed by atoms with Crippen LogP contribution in [0.5, 0.6) is 0 Å². The van der Waals surface area contributed by atoms with E-state index in [0.717, 1.165) is 23.7 Å². The van der Waals surface area contributed by atoms with Crippen LogP contribution in [-0.2, 0) is 19.6 Å². The third kappa shape index (κ3) is 4.12. The normalized spacial score (nSPS) is 17.7. The van der Waals surface area contributed by atoms with Gasteiger partial charge in [0.15, 0.2) is 0 Å². The first kappa shape index (κ1) is 19.4. The summed E-state index contributed by atoms with van der Waals surface area (Å²) in [5.74, 6) is -0.513. The van der Waals surface area contributed by atoms with Gasteiger partial charge in [-0.05, 0) is 67.8 Å². The Balaban J connectivity index is 1.48. The van der Waals surface area contributed by atoms with Crippen molar-refractivity contribution in [1.29, 1.82) is 0 Å². The average Bonchev–Trinajstić information content (AvgIpc) is 3.23. The standard InChI is InChI=1S/C21H23N3O4S/c25-20-4-3-5-21(26)24(20)18-10-12-19(13-11-18)29(27,28)22-16-6-8-17(9-7-16)23-14-1-2-15-23/h6-13,22H,1-5,14-15H2. The van der Waals surface area contributed by atoms with Gasteiger partial charge in [0.05, 0.1) is 10.6 Å². The zero-order valence-corrected chi connectivity index (χ0v) is 16.8. The molecule has 0 saturated carbocycles. The summed E-state index contributed by atoms with van der Waals surface area (Å²) in [5.41, 5.74) is 1.97. The van der Waals surface area contributed by atoms with E-state index in [1.54, 1.807) is 12.1 Å². The molecule has 29 heavy (non-hydrogen) atoms. The monoisotopic (exact) mass is 413 g/mol. The predicted molar refractivity (Wildman–Crippen MR) is 111 cm³/mol. The van der Waals surface area contributed by atoms with Gasteiger partial charge in [-0.2, -0.15) is 0 Å². The Hall–Kier alpha value is -2.87. The number of hydrogen-bond donors (Lipinski definition) is 1. The zero-order chi connectivity index (χ0) is 20.4. The van der Waals surface area contributed by atoms with Crippen molar-refractivity contribution >= 4 is 38.9 Å². The molecule has 2 aliphatic rings. The molecular formula is C21H23N3O4S. The third-order valence-corrected chi connectivity index (χ3v) is 6.67. The molecule has 0 bridgehead atoms. The fourth-order valence-electron chi connectivity index (χ4n) is 3.75. The maximum Gasteiger partial charge on any atom is 0.261 e. The molecule has 4 rings (SSSR count). The summed E-state index contributed by atoms with van der Waals surface area (Å²) in [6.07, 6.45) is 3.56. The van der Waals surface area contributed by atoms with E-state index in [1.807, 2.05) is 12.1 Å². The summed E-state index contributed by atoms with van der Waals surface area (Å²) in [7, 11) is -3.77. The van der Waals surface area contributed by atoms with Crippen molar-refractivity contribution in [2.75, 3.05) is 27.6 Å². The molecule has 2 fully saturated rings. The highest BCUT2D eigenvalue weighted by molar-refractivity contribution is 7.92. The van der Waals surface area contributed by atoms with Crippen LogP contribution in [0.2, 0.25) is 0 Å². The van der Waals surface area contributed by atoms with Crippen LogP contribution in [0.15, 0.2) is 53.4 Å². The lowest BCUT2D eigenvalue weighted by atomic mass is 10.1. The third-order valence-electron chi connectivity index (χ3n) is 5.28. The SMILES string of the molecule is O=C1CCCC(=O)N1c1ccc(S(=O)(=O)Nc2ccc(N3CCCC3)cc2)cc1. The number of imide groups is 1. The largest absolute Gasteiger partial charge is 0.372 e. The van der Waals surface area contributed by atoms with Crippen molar-refractivity contribution in [3.8, 4) is 0 Å². The molecule has 0 radical (unpaired) electrons. The lowest BCUT2D eigenvalue weighted by molar-refractivity contribution is -0.129. The van der Waals surface area contributed by atoms with E-state index in [-0.39, 0.29) is 16.7 Å². The second-order valence-corrected chi connectivity index (χ2v) is 9.00. The van der Waals surface area contributed by atoms with Gasteiger partial charge in [0.25, 0.3) is 10.0 Å². The molecule has 0 atom stereocenters. The Morgan fingerprint density at radius 3 is 1.86 bits per heavy atom. The minimum atomic E-state index is -3.77. The summed E-state index contributed by atoms with van der Waals surface area (Å²) in [5, 5.41) is 0. The van der Waals surface area contributed by atoms with Gasteiger partial charge in [0.1, 0.15) is 0 Å². The smallest absolute Gasteiger partial charge is 0.261 e. The van der Waals surface area contributed by atoms with E-state index in [4.69, 9.17) is 0 Å². The van der Waals surface area contributed by atoms with Gasteiger partial charge < -0.3 is 4.90 Å². The molecule has 2 heterocycles. The van der Waals surface area contributed by atoms with Crippen LogP contribution >= 0.6 is 0 Å². The number of carbonyl (C=O) groups excluding carboxylic acids is 2. The van der Waals surface area contributed by atoms with Crippen LogP contribution in [0.25, 0.3) is 0 Å². The lowest BCUT2D eigenvalue weighted by Gasteiger charge is -2.24. The first-order chi connectivity index (χ1) is 13.9. The molecule has 1 N–H and O–H groups in total. The van der Waals surface area contributed by atoms with Gasteiger partial charge in [0.2, 0.25) is 11.8 Å². The number of benzene rings is 2. The Labute approximate surface area is 170 Å². The van der Waals surface area contributed by atoms with Crippen molar-refractivity contribution < 1.29 is 18.0 Å². The highest BCUT2D eigenvalue weighted by Crippen LogP contribution is 2.26. The first-order valence-corrected chi connectivity index (χ1v) is 11.3. The molecular weight excluding hydrogens is 390 g/mol.